The highest BCUT2D eigenvalue weighted by molar-refractivity contribution is 5.80. The first kappa shape index (κ1) is 18.8. The van der Waals surface area contributed by atoms with Crippen LogP contribution in [0.15, 0.2) is 15.6 Å². The number of nitrogens with zero attached hydrogens (tertiary/aromatic N) is 4. The molecule has 6 heteroatoms. The molecule has 6 nitrogen and oxygen atoms in total. The minimum atomic E-state index is 0.690. The monoisotopic (exact) mass is 335 g/mol. The maximum Gasteiger partial charge on any atom is 0.194 e. The van der Waals surface area contributed by atoms with Crippen molar-refractivity contribution in [1.29, 1.82) is 0 Å². The summed E-state index contributed by atoms with van der Waals surface area (Å²) < 4.78 is 5.16. The van der Waals surface area contributed by atoms with E-state index in [-0.39, 0.29) is 0 Å². The van der Waals surface area contributed by atoms with Crippen LogP contribution in [-0.2, 0) is 6.54 Å². The molecule has 1 N–H and O–H groups in total. The van der Waals surface area contributed by atoms with Gasteiger partial charge in [0.15, 0.2) is 5.96 Å². The van der Waals surface area contributed by atoms with Gasteiger partial charge < -0.3 is 14.7 Å². The average molecular weight is 335 g/mol. The van der Waals surface area contributed by atoms with Crippen molar-refractivity contribution >= 4 is 5.96 Å². The highest BCUT2D eigenvalue weighted by Gasteiger charge is 2.20. The number of guanidine groups is 1. The van der Waals surface area contributed by atoms with E-state index in [1.54, 1.807) is 0 Å². The van der Waals surface area contributed by atoms with Crippen molar-refractivity contribution in [1.82, 2.24) is 20.3 Å². The van der Waals surface area contributed by atoms with E-state index in [0.717, 1.165) is 63.2 Å². The Labute approximate surface area is 146 Å². The molecule has 0 bridgehead atoms. The molecule has 136 valence electrons. The van der Waals surface area contributed by atoms with Gasteiger partial charge in [0.25, 0.3) is 0 Å². The van der Waals surface area contributed by atoms with Gasteiger partial charge in [-0.1, -0.05) is 31.8 Å². The fourth-order valence-corrected chi connectivity index (χ4v) is 3.03. The Morgan fingerprint density at radius 2 is 1.96 bits per heavy atom. The third kappa shape index (κ3) is 5.51. The number of nitrogens with one attached hydrogen (secondary N) is 1. The molecule has 0 spiro atoms. The molecule has 1 saturated heterocycles. The van der Waals surface area contributed by atoms with Gasteiger partial charge in [-0.2, -0.15) is 0 Å². The molecule has 24 heavy (non-hydrogen) atoms. The van der Waals surface area contributed by atoms with E-state index in [1.807, 2.05) is 13.0 Å². The molecular weight excluding hydrogens is 302 g/mol. The number of rotatable bonds is 7. The van der Waals surface area contributed by atoms with Crippen LogP contribution >= 0.6 is 0 Å². The van der Waals surface area contributed by atoms with Crippen molar-refractivity contribution in [3.05, 3.63) is 17.5 Å². The van der Waals surface area contributed by atoms with Crippen LogP contribution in [0.1, 0.15) is 45.1 Å². The lowest BCUT2D eigenvalue weighted by Crippen LogP contribution is -2.52. The number of hydrogen-bond donors (Lipinski definition) is 1. The zero-order chi connectivity index (χ0) is 17.4. The second kappa shape index (κ2) is 9.67. The predicted octanol–water partition coefficient (Wildman–Crippen LogP) is 2.50. The molecule has 1 aliphatic rings. The Morgan fingerprint density at radius 3 is 2.50 bits per heavy atom. The smallest absolute Gasteiger partial charge is 0.194 e. The number of aliphatic imine (C=N–C) groups is 1. The third-order valence-electron chi connectivity index (χ3n) is 4.72. The molecule has 0 radical (unpaired) electrons. The zero-order valence-corrected chi connectivity index (χ0v) is 15.7. The summed E-state index contributed by atoms with van der Waals surface area (Å²) in [4.78, 5) is 9.69. The quantitative estimate of drug-likeness (QED) is 0.613. The Balaban J connectivity index is 1.86. The molecule has 2 rings (SSSR count). The van der Waals surface area contributed by atoms with Crippen LogP contribution in [0, 0.1) is 12.8 Å². The lowest BCUT2D eigenvalue weighted by Gasteiger charge is -2.36. The number of piperazine rings is 1. The maximum absolute atomic E-state index is 5.16. The zero-order valence-electron chi connectivity index (χ0n) is 15.7. The van der Waals surface area contributed by atoms with E-state index in [0.29, 0.717) is 5.92 Å². The molecule has 0 aliphatic carbocycles. The average Bonchev–Trinajstić information content (AvgIpc) is 3.00. The van der Waals surface area contributed by atoms with Gasteiger partial charge in [0.2, 0.25) is 0 Å². The second-order valence-corrected chi connectivity index (χ2v) is 6.57. The molecular formula is C18H33N5O. The third-order valence-corrected chi connectivity index (χ3v) is 4.72. The van der Waals surface area contributed by atoms with Crippen LogP contribution in [0.25, 0.3) is 0 Å². The fourth-order valence-electron chi connectivity index (χ4n) is 3.03. The summed E-state index contributed by atoms with van der Waals surface area (Å²) in [5.74, 6) is 2.64. The molecule has 2 heterocycles. The van der Waals surface area contributed by atoms with Crippen LogP contribution in [-0.4, -0.2) is 60.2 Å². The SMILES string of the molecule is CCNC(=NCC(CC)CC)N1CCN(Cc2cc(C)on2)CC1. The Hall–Kier alpha value is -1.56. The van der Waals surface area contributed by atoms with Crippen molar-refractivity contribution in [3.8, 4) is 0 Å². The van der Waals surface area contributed by atoms with Crippen LogP contribution in [0.2, 0.25) is 0 Å². The van der Waals surface area contributed by atoms with Crippen LogP contribution < -0.4 is 5.32 Å². The van der Waals surface area contributed by atoms with E-state index in [2.05, 4.69) is 41.0 Å². The molecule has 1 aromatic heterocycles. The first-order valence-electron chi connectivity index (χ1n) is 9.34. The summed E-state index contributed by atoms with van der Waals surface area (Å²) in [6.07, 6.45) is 2.40. The van der Waals surface area contributed by atoms with Gasteiger partial charge in [0.1, 0.15) is 5.76 Å². The minimum Gasteiger partial charge on any atom is -0.361 e. The number of hydrogen-bond acceptors (Lipinski definition) is 4. The van der Waals surface area contributed by atoms with Gasteiger partial charge in [0.05, 0.1) is 5.69 Å². The lowest BCUT2D eigenvalue weighted by atomic mass is 10.0. The Morgan fingerprint density at radius 1 is 1.25 bits per heavy atom. The highest BCUT2D eigenvalue weighted by Crippen LogP contribution is 2.11. The Kier molecular flexibility index (Phi) is 7.56. The second-order valence-electron chi connectivity index (χ2n) is 6.57. The predicted molar refractivity (Wildman–Crippen MR) is 98.1 cm³/mol. The van der Waals surface area contributed by atoms with E-state index >= 15 is 0 Å². The number of aromatic nitrogens is 1. The van der Waals surface area contributed by atoms with E-state index in [9.17, 15) is 0 Å². The van der Waals surface area contributed by atoms with E-state index < -0.39 is 0 Å². The highest BCUT2D eigenvalue weighted by atomic mass is 16.5. The first-order valence-corrected chi connectivity index (χ1v) is 9.34. The molecule has 0 amide bonds. The number of aryl methyl sites for hydroxylation is 1. The largest absolute Gasteiger partial charge is 0.361 e. The maximum atomic E-state index is 5.16. The molecule has 0 aromatic carbocycles. The van der Waals surface area contributed by atoms with Crippen LogP contribution in [0.5, 0.6) is 0 Å². The van der Waals surface area contributed by atoms with Crippen LogP contribution in [0.3, 0.4) is 0 Å². The topological polar surface area (TPSA) is 56.9 Å². The van der Waals surface area contributed by atoms with Crippen molar-refractivity contribution in [2.24, 2.45) is 10.9 Å². The summed E-state index contributed by atoms with van der Waals surface area (Å²) in [6.45, 7) is 15.4. The van der Waals surface area contributed by atoms with Crippen molar-refractivity contribution in [2.75, 3.05) is 39.3 Å². The lowest BCUT2D eigenvalue weighted by molar-refractivity contribution is 0.169. The Bertz CT molecular complexity index is 501. The summed E-state index contributed by atoms with van der Waals surface area (Å²) in [5.41, 5.74) is 1.02. The van der Waals surface area contributed by atoms with Crippen LogP contribution in [0.4, 0.5) is 0 Å². The summed E-state index contributed by atoms with van der Waals surface area (Å²) in [5, 5.41) is 7.55. The van der Waals surface area contributed by atoms with Gasteiger partial charge in [-0.05, 0) is 19.8 Å². The first-order chi connectivity index (χ1) is 11.7. The van der Waals surface area contributed by atoms with Crippen molar-refractivity contribution in [3.63, 3.8) is 0 Å². The molecule has 1 fully saturated rings. The normalized spacial score (nSPS) is 16.9. The molecule has 1 aliphatic heterocycles. The van der Waals surface area contributed by atoms with Gasteiger partial charge in [0, 0.05) is 51.9 Å². The minimum absolute atomic E-state index is 0.690. The van der Waals surface area contributed by atoms with Gasteiger partial charge >= 0.3 is 0 Å². The summed E-state index contributed by atoms with van der Waals surface area (Å²) in [7, 11) is 0. The van der Waals surface area contributed by atoms with E-state index in [1.165, 1.54) is 12.8 Å². The van der Waals surface area contributed by atoms with E-state index in [4.69, 9.17) is 9.52 Å². The molecule has 1 aromatic rings. The van der Waals surface area contributed by atoms with Crippen molar-refractivity contribution in [2.45, 2.75) is 47.1 Å². The molecule has 0 saturated carbocycles. The summed E-state index contributed by atoms with van der Waals surface area (Å²) in [6, 6.07) is 2.02. The summed E-state index contributed by atoms with van der Waals surface area (Å²) >= 11 is 0. The standard InChI is InChI=1S/C18H33N5O/c1-5-16(6-2)13-20-18(19-7-3)23-10-8-22(9-11-23)14-17-12-15(4)24-21-17/h12,16H,5-11,13-14H2,1-4H3,(H,19,20). The van der Waals surface area contributed by atoms with Gasteiger partial charge in [-0.3, -0.25) is 9.89 Å². The van der Waals surface area contributed by atoms with Crippen molar-refractivity contribution < 1.29 is 4.52 Å². The fraction of sp³-hybridized carbons (Fsp3) is 0.778. The van der Waals surface area contributed by atoms with Gasteiger partial charge in [-0.25, -0.2) is 0 Å². The van der Waals surface area contributed by atoms with Gasteiger partial charge in [-0.15, -0.1) is 0 Å². The molecule has 0 atom stereocenters. The molecule has 0 unspecified atom stereocenters.